The van der Waals surface area contributed by atoms with Gasteiger partial charge < -0.3 is 20.2 Å². The number of benzene rings is 2. The molecule has 8 nitrogen and oxygen atoms in total. The van der Waals surface area contributed by atoms with Gasteiger partial charge in [0.15, 0.2) is 5.58 Å². The van der Waals surface area contributed by atoms with Crippen LogP contribution >= 0.6 is 0 Å². The quantitative estimate of drug-likeness (QED) is 0.670. The smallest absolute Gasteiger partial charge is 0.419 e. The molecule has 2 amide bonds. The second-order valence-corrected chi connectivity index (χ2v) is 8.11. The Balaban J connectivity index is 1.75. The van der Waals surface area contributed by atoms with Gasteiger partial charge in [-0.1, -0.05) is 30.3 Å². The lowest BCUT2D eigenvalue weighted by Gasteiger charge is -2.22. The van der Waals surface area contributed by atoms with Crippen molar-refractivity contribution >= 4 is 23.1 Å². The van der Waals surface area contributed by atoms with Crippen molar-refractivity contribution in [3.05, 3.63) is 58.6 Å². The van der Waals surface area contributed by atoms with Crippen molar-refractivity contribution in [3.63, 3.8) is 0 Å². The number of rotatable bonds is 5. The number of fused-ring (bicyclic) bond motifs is 1. The molecule has 1 unspecified atom stereocenters. The maximum Gasteiger partial charge on any atom is 0.419 e. The molecule has 1 heterocycles. The van der Waals surface area contributed by atoms with Gasteiger partial charge in [0.25, 0.3) is 0 Å². The van der Waals surface area contributed by atoms with E-state index in [1.165, 1.54) is 4.57 Å². The Morgan fingerprint density at radius 2 is 1.77 bits per heavy atom. The molecule has 30 heavy (non-hydrogen) atoms. The van der Waals surface area contributed by atoms with Crippen LogP contribution in [0.15, 0.2) is 51.7 Å². The second kappa shape index (κ2) is 8.06. The zero-order valence-electron chi connectivity index (χ0n) is 17.4. The van der Waals surface area contributed by atoms with Gasteiger partial charge in [-0.05, 0) is 49.6 Å². The molecule has 0 aliphatic rings. The van der Waals surface area contributed by atoms with Gasteiger partial charge in [-0.25, -0.2) is 9.59 Å². The third kappa shape index (κ3) is 4.89. The Kier molecular flexibility index (Phi) is 5.69. The zero-order valence-corrected chi connectivity index (χ0v) is 17.4. The summed E-state index contributed by atoms with van der Waals surface area (Å²) in [5.41, 5.74) is 8.69. The number of nitrogens with zero attached hydrogens (tertiary/aromatic N) is 1. The normalized spacial score (nSPS) is 12.5. The summed E-state index contributed by atoms with van der Waals surface area (Å²) >= 11 is 0. The SMILES string of the molecule is Cn1c(=O)oc2ccc(-c3ccc(CC(NC(=O)OC(C)(C)C)C(N)=O)cc3)cc21. The standard InChI is InChI=1S/C22H25N3O5/c1-22(2,3)30-20(27)24-16(19(23)26)11-13-5-7-14(8-6-13)15-9-10-18-17(12-15)25(4)21(28)29-18/h5-10,12,16H,11H2,1-4H3,(H2,23,26)(H,24,27). The van der Waals surface area contributed by atoms with Crippen molar-refractivity contribution in [1.29, 1.82) is 0 Å². The van der Waals surface area contributed by atoms with Crippen molar-refractivity contribution in [2.24, 2.45) is 12.8 Å². The van der Waals surface area contributed by atoms with Gasteiger partial charge in [0.05, 0.1) is 5.52 Å². The van der Waals surface area contributed by atoms with Gasteiger partial charge in [-0.3, -0.25) is 9.36 Å². The number of aryl methyl sites for hydroxylation is 1. The van der Waals surface area contributed by atoms with Crippen molar-refractivity contribution in [1.82, 2.24) is 9.88 Å². The number of carbonyl (C=O) groups is 2. The number of alkyl carbamates (subject to hydrolysis) is 1. The maximum atomic E-state index is 12.0. The van der Waals surface area contributed by atoms with Crippen LogP contribution in [-0.2, 0) is 23.0 Å². The summed E-state index contributed by atoms with van der Waals surface area (Å²) in [6, 6.07) is 12.2. The summed E-state index contributed by atoms with van der Waals surface area (Å²) in [6.45, 7) is 5.22. The van der Waals surface area contributed by atoms with E-state index in [0.29, 0.717) is 11.1 Å². The molecule has 3 aromatic rings. The van der Waals surface area contributed by atoms with E-state index in [2.05, 4.69) is 5.32 Å². The monoisotopic (exact) mass is 411 g/mol. The molecule has 0 radical (unpaired) electrons. The lowest BCUT2D eigenvalue weighted by atomic mass is 10.00. The Morgan fingerprint density at radius 1 is 1.13 bits per heavy atom. The molecule has 0 saturated carbocycles. The van der Waals surface area contributed by atoms with Gasteiger partial charge in [0.2, 0.25) is 5.91 Å². The van der Waals surface area contributed by atoms with Crippen LogP contribution in [0.1, 0.15) is 26.3 Å². The van der Waals surface area contributed by atoms with E-state index in [9.17, 15) is 14.4 Å². The van der Waals surface area contributed by atoms with Crippen LogP contribution < -0.4 is 16.8 Å². The molecule has 0 aliphatic heterocycles. The first-order valence-electron chi connectivity index (χ1n) is 9.51. The zero-order chi connectivity index (χ0) is 22.1. The molecule has 0 saturated heterocycles. The Labute approximate surface area is 173 Å². The molecular weight excluding hydrogens is 386 g/mol. The predicted molar refractivity (Wildman–Crippen MR) is 113 cm³/mol. The van der Waals surface area contributed by atoms with E-state index >= 15 is 0 Å². The second-order valence-electron chi connectivity index (χ2n) is 8.11. The number of carbonyl (C=O) groups excluding carboxylic acids is 2. The molecule has 0 bridgehead atoms. The summed E-state index contributed by atoms with van der Waals surface area (Å²) in [6.07, 6.45) is -0.452. The molecule has 0 fully saturated rings. The first kappa shape index (κ1) is 21.2. The molecule has 3 N–H and O–H groups in total. The number of hydrogen-bond donors (Lipinski definition) is 2. The lowest BCUT2D eigenvalue weighted by Crippen LogP contribution is -2.47. The molecule has 1 aromatic heterocycles. The summed E-state index contributed by atoms with van der Waals surface area (Å²) in [7, 11) is 1.66. The van der Waals surface area contributed by atoms with Gasteiger partial charge in [0.1, 0.15) is 11.6 Å². The van der Waals surface area contributed by atoms with E-state index in [-0.39, 0.29) is 6.42 Å². The number of aromatic nitrogens is 1. The summed E-state index contributed by atoms with van der Waals surface area (Å²) in [5.74, 6) is -1.05. The lowest BCUT2D eigenvalue weighted by molar-refractivity contribution is -0.120. The highest BCUT2D eigenvalue weighted by atomic mass is 16.6. The van der Waals surface area contributed by atoms with Crippen molar-refractivity contribution in [2.45, 2.75) is 38.8 Å². The average Bonchev–Trinajstić information content (AvgIpc) is 2.94. The maximum absolute atomic E-state index is 12.0. The van der Waals surface area contributed by atoms with E-state index < -0.39 is 29.4 Å². The van der Waals surface area contributed by atoms with Gasteiger partial charge in [0, 0.05) is 13.5 Å². The number of nitrogens with two attached hydrogens (primary N) is 1. The first-order valence-corrected chi connectivity index (χ1v) is 9.51. The fraction of sp³-hybridized carbons (Fsp3) is 0.318. The van der Waals surface area contributed by atoms with Crippen LogP contribution in [0.2, 0.25) is 0 Å². The largest absolute Gasteiger partial charge is 0.444 e. The van der Waals surface area contributed by atoms with E-state index in [1.54, 1.807) is 33.9 Å². The van der Waals surface area contributed by atoms with E-state index in [1.807, 2.05) is 36.4 Å². The Morgan fingerprint density at radius 3 is 2.37 bits per heavy atom. The molecule has 8 heteroatoms. The molecule has 3 rings (SSSR count). The summed E-state index contributed by atoms with van der Waals surface area (Å²) in [4.78, 5) is 35.4. The highest BCUT2D eigenvalue weighted by molar-refractivity contribution is 5.84. The van der Waals surface area contributed by atoms with Crippen LogP contribution in [-0.4, -0.2) is 28.2 Å². The number of hydrogen-bond acceptors (Lipinski definition) is 5. The topological polar surface area (TPSA) is 117 Å². The van der Waals surface area contributed by atoms with Crippen molar-refractivity contribution in [3.8, 4) is 11.1 Å². The van der Waals surface area contributed by atoms with Gasteiger partial charge in [-0.2, -0.15) is 0 Å². The molecule has 1 atom stereocenters. The van der Waals surface area contributed by atoms with Crippen LogP contribution in [0, 0.1) is 0 Å². The van der Waals surface area contributed by atoms with Crippen molar-refractivity contribution in [2.75, 3.05) is 0 Å². The van der Waals surface area contributed by atoms with E-state index in [4.69, 9.17) is 14.9 Å². The fourth-order valence-electron chi connectivity index (χ4n) is 3.05. The van der Waals surface area contributed by atoms with Crippen molar-refractivity contribution < 1.29 is 18.7 Å². The summed E-state index contributed by atoms with van der Waals surface area (Å²) < 4.78 is 11.8. The minimum absolute atomic E-state index is 0.240. The molecule has 158 valence electrons. The number of nitrogens with one attached hydrogen (secondary N) is 1. The van der Waals surface area contributed by atoms with Crippen LogP contribution in [0.3, 0.4) is 0 Å². The third-order valence-electron chi connectivity index (χ3n) is 4.55. The minimum Gasteiger partial charge on any atom is -0.444 e. The van der Waals surface area contributed by atoms with Gasteiger partial charge in [-0.15, -0.1) is 0 Å². The van der Waals surface area contributed by atoms with Crippen LogP contribution in [0.4, 0.5) is 4.79 Å². The van der Waals surface area contributed by atoms with Gasteiger partial charge >= 0.3 is 11.8 Å². The Bertz CT molecular complexity index is 1140. The molecule has 0 spiro atoms. The number of amides is 2. The number of ether oxygens (including phenoxy) is 1. The van der Waals surface area contributed by atoms with Crippen LogP contribution in [0.5, 0.6) is 0 Å². The third-order valence-corrected chi connectivity index (χ3v) is 4.55. The number of primary amides is 1. The summed E-state index contributed by atoms with van der Waals surface area (Å²) in [5, 5.41) is 2.52. The highest BCUT2D eigenvalue weighted by Crippen LogP contribution is 2.24. The predicted octanol–water partition coefficient (Wildman–Crippen LogP) is 2.72. The Hall–Kier alpha value is -3.55. The van der Waals surface area contributed by atoms with E-state index in [0.717, 1.165) is 16.7 Å². The number of oxazole rings is 1. The molecule has 0 aliphatic carbocycles. The van der Waals surface area contributed by atoms with Crippen LogP contribution in [0.25, 0.3) is 22.2 Å². The molecule has 2 aromatic carbocycles. The average molecular weight is 411 g/mol. The first-order chi connectivity index (χ1) is 14.0. The minimum atomic E-state index is -0.887. The fourth-order valence-corrected chi connectivity index (χ4v) is 3.05. The highest BCUT2D eigenvalue weighted by Gasteiger charge is 2.23. The molecular formula is C22H25N3O5.